The van der Waals surface area contributed by atoms with Gasteiger partial charge in [-0.1, -0.05) is 19.3 Å². The van der Waals surface area contributed by atoms with Gasteiger partial charge in [0.1, 0.15) is 0 Å². The smallest absolute Gasteiger partial charge is 0.303 e. The Morgan fingerprint density at radius 1 is 1.42 bits per heavy atom. The van der Waals surface area contributed by atoms with Crippen LogP contribution in [0.2, 0.25) is 0 Å². The number of rotatable bonds is 4. The molecule has 0 amide bonds. The zero-order valence-corrected chi connectivity index (χ0v) is 11.5. The summed E-state index contributed by atoms with van der Waals surface area (Å²) in [6, 6.07) is 0. The van der Waals surface area contributed by atoms with Gasteiger partial charge in [-0.25, -0.2) is 9.50 Å². The minimum atomic E-state index is -0.771. The molecule has 0 radical (unpaired) electrons. The Morgan fingerprint density at radius 2 is 2.21 bits per heavy atom. The van der Waals surface area contributed by atoms with Gasteiger partial charge in [-0.05, 0) is 12.8 Å². The molecule has 3 rings (SSSR count). The number of nitrogens with zero attached hydrogens (tertiary/aromatic N) is 3. The molecular weight excluding hydrogens is 262 g/mol. The number of aliphatic carboxylic acids is 1. The molecule has 0 atom stereocenters. The number of carboxylic acids is 1. The van der Waals surface area contributed by atoms with Crippen LogP contribution >= 0.6 is 11.3 Å². The van der Waals surface area contributed by atoms with E-state index in [1.807, 2.05) is 9.90 Å². The van der Waals surface area contributed by atoms with Gasteiger partial charge in [0.15, 0.2) is 5.82 Å². The van der Waals surface area contributed by atoms with E-state index in [9.17, 15) is 4.79 Å². The van der Waals surface area contributed by atoms with Crippen LogP contribution in [0.4, 0.5) is 0 Å². The number of aryl methyl sites for hydroxylation is 1. The highest BCUT2D eigenvalue weighted by Gasteiger charge is 2.21. The molecule has 19 heavy (non-hydrogen) atoms. The van der Waals surface area contributed by atoms with Crippen molar-refractivity contribution in [2.75, 3.05) is 0 Å². The number of fused-ring (bicyclic) bond motifs is 1. The molecule has 102 valence electrons. The average molecular weight is 279 g/mol. The van der Waals surface area contributed by atoms with E-state index in [4.69, 9.17) is 5.11 Å². The molecule has 0 aliphatic heterocycles. The van der Waals surface area contributed by atoms with Crippen molar-refractivity contribution in [2.24, 2.45) is 0 Å². The van der Waals surface area contributed by atoms with Crippen LogP contribution in [-0.4, -0.2) is 25.7 Å². The van der Waals surface area contributed by atoms with Gasteiger partial charge in [-0.15, -0.1) is 11.3 Å². The van der Waals surface area contributed by atoms with Crippen LogP contribution in [0.3, 0.4) is 0 Å². The first kappa shape index (κ1) is 12.6. The summed E-state index contributed by atoms with van der Waals surface area (Å²) in [5, 5.41) is 15.3. The lowest BCUT2D eigenvalue weighted by molar-refractivity contribution is -0.136. The van der Waals surface area contributed by atoms with Crippen LogP contribution in [0.5, 0.6) is 0 Å². The molecule has 1 aliphatic carbocycles. The minimum Gasteiger partial charge on any atom is -0.481 e. The summed E-state index contributed by atoms with van der Waals surface area (Å²) in [5.41, 5.74) is 0.956. The van der Waals surface area contributed by atoms with Crippen molar-refractivity contribution in [3.63, 3.8) is 0 Å². The molecule has 2 aromatic heterocycles. The summed E-state index contributed by atoms with van der Waals surface area (Å²) >= 11 is 1.55. The molecule has 1 fully saturated rings. The van der Waals surface area contributed by atoms with Gasteiger partial charge in [0, 0.05) is 17.7 Å². The van der Waals surface area contributed by atoms with Crippen LogP contribution in [0.15, 0.2) is 5.38 Å². The lowest BCUT2D eigenvalue weighted by Gasteiger charge is -2.18. The first-order valence-corrected chi connectivity index (χ1v) is 7.67. The van der Waals surface area contributed by atoms with Gasteiger partial charge in [0.25, 0.3) is 0 Å². The predicted octanol–water partition coefficient (Wildman–Crippen LogP) is 2.86. The monoisotopic (exact) mass is 279 g/mol. The third-order valence-electron chi connectivity index (χ3n) is 3.73. The van der Waals surface area contributed by atoms with E-state index < -0.39 is 5.97 Å². The molecule has 2 aromatic rings. The molecule has 0 saturated heterocycles. The Morgan fingerprint density at radius 3 is 2.95 bits per heavy atom. The van der Waals surface area contributed by atoms with Crippen molar-refractivity contribution in [3.05, 3.63) is 16.9 Å². The highest BCUT2D eigenvalue weighted by molar-refractivity contribution is 7.15. The van der Waals surface area contributed by atoms with Crippen LogP contribution < -0.4 is 0 Å². The van der Waals surface area contributed by atoms with Crippen molar-refractivity contribution >= 4 is 22.3 Å². The third-order valence-corrected chi connectivity index (χ3v) is 4.60. The second kappa shape index (κ2) is 5.28. The molecule has 0 unspecified atom stereocenters. The van der Waals surface area contributed by atoms with E-state index >= 15 is 0 Å². The zero-order valence-electron chi connectivity index (χ0n) is 10.7. The summed E-state index contributed by atoms with van der Waals surface area (Å²) in [6.45, 7) is 0. The molecule has 6 heteroatoms. The van der Waals surface area contributed by atoms with Gasteiger partial charge in [-0.2, -0.15) is 5.10 Å². The quantitative estimate of drug-likeness (QED) is 0.934. The topological polar surface area (TPSA) is 67.5 Å². The molecule has 1 N–H and O–H groups in total. The van der Waals surface area contributed by atoms with E-state index in [0.717, 1.165) is 16.5 Å². The Bertz CT molecular complexity index is 584. The van der Waals surface area contributed by atoms with Crippen molar-refractivity contribution in [3.8, 4) is 0 Å². The Kier molecular flexibility index (Phi) is 3.50. The standard InChI is InChI=1S/C13H17N3O2S/c17-11(18)7-6-10-8-19-13-14-12(15-16(10)13)9-4-2-1-3-5-9/h8-9H,1-7H2,(H,17,18). The maximum absolute atomic E-state index is 10.6. The lowest BCUT2D eigenvalue weighted by atomic mass is 9.89. The number of thiazole rings is 1. The summed E-state index contributed by atoms with van der Waals surface area (Å²) in [5.74, 6) is 0.670. The van der Waals surface area contributed by atoms with Gasteiger partial charge in [0.05, 0.1) is 12.1 Å². The van der Waals surface area contributed by atoms with Crippen LogP contribution in [0, 0.1) is 0 Å². The highest BCUT2D eigenvalue weighted by atomic mass is 32.1. The van der Waals surface area contributed by atoms with E-state index in [1.165, 1.54) is 32.1 Å². The number of aromatic nitrogens is 3. The Hall–Kier alpha value is -1.43. The summed E-state index contributed by atoms with van der Waals surface area (Å²) < 4.78 is 1.83. The largest absolute Gasteiger partial charge is 0.481 e. The zero-order chi connectivity index (χ0) is 13.2. The lowest BCUT2D eigenvalue weighted by Crippen LogP contribution is -2.07. The first-order valence-electron chi connectivity index (χ1n) is 6.79. The van der Waals surface area contributed by atoms with Crippen LogP contribution in [0.1, 0.15) is 56.0 Å². The molecule has 1 aliphatic rings. The van der Waals surface area contributed by atoms with Crippen molar-refractivity contribution in [1.29, 1.82) is 0 Å². The van der Waals surface area contributed by atoms with Crippen LogP contribution in [0.25, 0.3) is 4.96 Å². The molecule has 5 nitrogen and oxygen atoms in total. The minimum absolute atomic E-state index is 0.143. The third kappa shape index (κ3) is 2.63. The second-order valence-corrected chi connectivity index (χ2v) is 5.96. The fourth-order valence-corrected chi connectivity index (χ4v) is 3.54. The summed E-state index contributed by atoms with van der Waals surface area (Å²) in [4.78, 5) is 16.1. The Labute approximate surface area is 115 Å². The molecule has 1 saturated carbocycles. The molecule has 0 spiro atoms. The van der Waals surface area contributed by atoms with E-state index in [1.54, 1.807) is 11.3 Å². The van der Waals surface area contributed by atoms with Gasteiger partial charge in [-0.3, -0.25) is 4.79 Å². The highest BCUT2D eigenvalue weighted by Crippen LogP contribution is 2.31. The second-order valence-electron chi connectivity index (χ2n) is 5.12. The SMILES string of the molecule is O=C(O)CCc1csc2nc(C3CCCCC3)nn12. The summed E-state index contributed by atoms with van der Waals surface area (Å²) in [6.07, 6.45) is 6.88. The average Bonchev–Trinajstić information content (AvgIpc) is 2.97. The van der Waals surface area contributed by atoms with Crippen LogP contribution in [-0.2, 0) is 11.2 Å². The number of hydrogen-bond acceptors (Lipinski definition) is 4. The van der Waals surface area contributed by atoms with Gasteiger partial charge >= 0.3 is 5.97 Å². The van der Waals surface area contributed by atoms with Crippen molar-refractivity contribution in [1.82, 2.24) is 14.6 Å². The van der Waals surface area contributed by atoms with Gasteiger partial charge in [0.2, 0.25) is 4.96 Å². The van der Waals surface area contributed by atoms with E-state index in [2.05, 4.69) is 10.1 Å². The number of hydrogen-bond donors (Lipinski definition) is 1. The summed E-state index contributed by atoms with van der Waals surface area (Å²) in [7, 11) is 0. The number of carbonyl (C=O) groups is 1. The van der Waals surface area contributed by atoms with Gasteiger partial charge < -0.3 is 5.11 Å². The molecule has 2 heterocycles. The molecule has 0 bridgehead atoms. The maximum Gasteiger partial charge on any atom is 0.303 e. The number of carboxylic acid groups (broad SMARTS) is 1. The Balaban J connectivity index is 1.82. The van der Waals surface area contributed by atoms with Crippen molar-refractivity contribution in [2.45, 2.75) is 50.9 Å². The molecular formula is C13H17N3O2S. The molecule has 0 aromatic carbocycles. The fraction of sp³-hybridized carbons (Fsp3) is 0.615. The van der Waals surface area contributed by atoms with Crippen molar-refractivity contribution < 1.29 is 9.90 Å². The predicted molar refractivity (Wildman–Crippen MR) is 72.6 cm³/mol. The fourth-order valence-electron chi connectivity index (χ4n) is 2.68. The van der Waals surface area contributed by atoms with E-state index in [0.29, 0.717) is 12.3 Å². The maximum atomic E-state index is 10.6. The first-order chi connectivity index (χ1) is 9.24. The van der Waals surface area contributed by atoms with E-state index in [-0.39, 0.29) is 6.42 Å². The normalized spacial score (nSPS) is 17.1.